The van der Waals surface area contributed by atoms with Crippen molar-refractivity contribution in [1.82, 2.24) is 26.1 Å². The Morgan fingerprint density at radius 1 is 0.762 bits per heavy atom. The molecule has 3 amide bonds. The van der Waals surface area contributed by atoms with Crippen LogP contribution in [0.5, 0.6) is 0 Å². The van der Waals surface area contributed by atoms with Gasteiger partial charge >= 0.3 is 0 Å². The minimum atomic E-state index is -0.930. The van der Waals surface area contributed by atoms with Crippen LogP contribution in [-0.4, -0.2) is 138 Å². The molecule has 1 saturated heterocycles. The Hall–Kier alpha value is -1.99. The fraction of sp³-hybridized carbons (Fsp3) is 0.936. The van der Waals surface area contributed by atoms with Crippen molar-refractivity contribution in [2.24, 2.45) is 17.6 Å². The lowest BCUT2D eigenvalue weighted by Gasteiger charge is -2.43. The van der Waals surface area contributed by atoms with E-state index in [1.54, 1.807) is 9.96 Å². The zero-order valence-electron chi connectivity index (χ0n) is 42.6. The smallest absolute Gasteiger partial charge is 0.225 e. The molecule has 0 saturated carbocycles. The van der Waals surface area contributed by atoms with E-state index in [1.165, 1.54) is 0 Å². The molecule has 1 heterocycles. The molecule has 6 N–H and O–H groups in total. The summed E-state index contributed by atoms with van der Waals surface area (Å²) < 4.78 is 24.8. The number of nitrogens with one attached hydrogen (secondary N) is 3. The first-order valence-corrected chi connectivity index (χ1v) is 23.6. The van der Waals surface area contributed by atoms with E-state index in [1.807, 2.05) is 111 Å². The van der Waals surface area contributed by atoms with Gasteiger partial charge in [-0.25, -0.2) is 0 Å². The third-order valence-electron chi connectivity index (χ3n) is 11.4. The summed E-state index contributed by atoms with van der Waals surface area (Å²) in [5.74, 6) is -0.563. The number of amides is 3. The molecule has 372 valence electrons. The first kappa shape index (κ1) is 59.0. The number of aliphatic hydroxyl groups is 1. The van der Waals surface area contributed by atoms with Gasteiger partial charge < -0.3 is 45.3 Å². The van der Waals surface area contributed by atoms with Gasteiger partial charge in [0.05, 0.1) is 66.5 Å². The highest BCUT2D eigenvalue weighted by Gasteiger charge is 2.37. The van der Waals surface area contributed by atoms with Crippen molar-refractivity contribution in [3.8, 4) is 0 Å². The van der Waals surface area contributed by atoms with Crippen molar-refractivity contribution < 1.29 is 48.1 Å². The van der Waals surface area contributed by atoms with Gasteiger partial charge in [0.1, 0.15) is 12.4 Å². The van der Waals surface area contributed by atoms with Gasteiger partial charge in [0.25, 0.3) is 0 Å². The van der Waals surface area contributed by atoms with Crippen molar-refractivity contribution in [2.45, 2.75) is 215 Å². The second-order valence-corrected chi connectivity index (χ2v) is 21.6. The highest BCUT2D eigenvalue weighted by atomic mass is 16.7. The minimum absolute atomic E-state index is 0.00914. The van der Waals surface area contributed by atoms with Gasteiger partial charge in [-0.15, -0.1) is 5.06 Å². The van der Waals surface area contributed by atoms with E-state index < -0.39 is 40.4 Å². The maximum absolute atomic E-state index is 13.6. The van der Waals surface area contributed by atoms with E-state index in [2.05, 4.69) is 16.1 Å². The maximum atomic E-state index is 13.6. The quantitative estimate of drug-likeness (QED) is 0.145. The fourth-order valence-electron chi connectivity index (χ4n) is 6.61. The fourth-order valence-corrected chi connectivity index (χ4v) is 6.61. The molecule has 0 aromatic heterocycles. The van der Waals surface area contributed by atoms with Crippen LogP contribution in [0.15, 0.2) is 0 Å². The van der Waals surface area contributed by atoms with Gasteiger partial charge in [0, 0.05) is 51.9 Å². The zero-order chi connectivity index (χ0) is 48.3. The van der Waals surface area contributed by atoms with Crippen LogP contribution in [0.4, 0.5) is 0 Å². The van der Waals surface area contributed by atoms with Crippen LogP contribution in [0.1, 0.15) is 169 Å². The summed E-state index contributed by atoms with van der Waals surface area (Å²) in [6.45, 7) is 34.8. The van der Waals surface area contributed by atoms with Crippen molar-refractivity contribution in [2.75, 3.05) is 59.2 Å². The molecule has 1 fully saturated rings. The highest BCUT2D eigenvalue weighted by molar-refractivity contribution is 5.78. The van der Waals surface area contributed by atoms with Gasteiger partial charge in [-0.3, -0.25) is 24.1 Å². The highest BCUT2D eigenvalue weighted by Crippen LogP contribution is 2.28. The predicted molar refractivity (Wildman–Crippen MR) is 248 cm³/mol. The van der Waals surface area contributed by atoms with Crippen molar-refractivity contribution in [1.29, 1.82) is 0 Å². The Balaban J connectivity index is 3.14. The van der Waals surface area contributed by atoms with Crippen molar-refractivity contribution in [3.63, 3.8) is 0 Å². The number of nitrogens with two attached hydrogens (primary N) is 1. The zero-order valence-corrected chi connectivity index (χ0v) is 42.6. The van der Waals surface area contributed by atoms with Gasteiger partial charge in [-0.1, -0.05) is 27.7 Å². The molecule has 63 heavy (non-hydrogen) atoms. The molecule has 2 atom stereocenters. The number of carbonyl (C=O) groups is 3. The molecule has 0 spiro atoms. The first-order valence-electron chi connectivity index (χ1n) is 23.6. The summed E-state index contributed by atoms with van der Waals surface area (Å²) in [4.78, 5) is 54.2. The number of hydrogen-bond donors (Lipinski definition) is 5. The Morgan fingerprint density at radius 2 is 1.24 bits per heavy atom. The van der Waals surface area contributed by atoms with Crippen LogP contribution in [0.3, 0.4) is 0 Å². The van der Waals surface area contributed by atoms with E-state index in [-0.39, 0.29) is 87.2 Å². The Kier molecular flexibility index (Phi) is 25.3. The number of nitrogens with zero attached hydrogens (tertiary/aromatic N) is 2. The average molecular weight is 903 g/mol. The van der Waals surface area contributed by atoms with Gasteiger partial charge in [0.2, 0.25) is 17.7 Å². The molecule has 1 aliphatic rings. The Labute approximate surface area is 382 Å². The van der Waals surface area contributed by atoms with E-state index >= 15 is 0 Å². The molecule has 0 aromatic rings. The predicted octanol–water partition coefficient (Wildman–Crippen LogP) is 5.98. The molecular weight excluding hydrogens is 809 g/mol. The van der Waals surface area contributed by atoms with Crippen LogP contribution in [0, 0.1) is 11.8 Å². The maximum Gasteiger partial charge on any atom is 0.225 e. The average Bonchev–Trinajstić information content (AvgIpc) is 3.13. The first-order chi connectivity index (χ1) is 28.9. The number of hydroxylamine groups is 3. The molecule has 0 aliphatic carbocycles. The molecular formula is C47H94N6O10. The van der Waals surface area contributed by atoms with E-state index in [9.17, 15) is 19.5 Å². The number of carbonyl (C=O) groups excluding carboxylic acids is 3. The molecule has 1 rings (SSSR count). The number of hydrogen-bond acceptors (Lipinski definition) is 13. The van der Waals surface area contributed by atoms with Crippen LogP contribution < -0.4 is 21.8 Å². The molecule has 1 aliphatic heterocycles. The lowest BCUT2D eigenvalue weighted by atomic mass is 10.0. The normalized spacial score (nSPS) is 23.4. The van der Waals surface area contributed by atoms with Crippen LogP contribution in [-0.2, 0) is 43.0 Å². The monoisotopic (exact) mass is 903 g/mol. The van der Waals surface area contributed by atoms with E-state index in [0.717, 1.165) is 6.42 Å². The van der Waals surface area contributed by atoms with Crippen molar-refractivity contribution in [3.05, 3.63) is 0 Å². The number of aliphatic hydroxyl groups excluding tert-OH is 1. The van der Waals surface area contributed by atoms with Gasteiger partial charge in [-0.2, -0.15) is 5.48 Å². The third kappa shape index (κ3) is 26.1. The molecule has 0 bridgehead atoms. The third-order valence-corrected chi connectivity index (χ3v) is 11.4. The van der Waals surface area contributed by atoms with Gasteiger partial charge in [-0.05, 0) is 127 Å². The molecule has 2 unspecified atom stereocenters. The topological polar surface area (TPSA) is 195 Å². The lowest BCUT2D eigenvalue weighted by Crippen LogP contribution is -2.58. The molecule has 16 heteroatoms. The Morgan fingerprint density at radius 3 is 1.71 bits per heavy atom. The number of rotatable bonds is 13. The van der Waals surface area contributed by atoms with Crippen LogP contribution in [0.25, 0.3) is 0 Å². The minimum Gasteiger partial charge on any atom is -0.376 e. The standard InChI is InChI=1S/C47H94N6O10/c1-35(2)40-51-62-46(13,14)24-33-59-42(5,6)20-17-37(54)49-27-29-52(39(56)19-31-58-45(11,12)23-32-61-44(9,10)22-26-48)30-28-50-38(55)18-21-43(7,8)60-34-25-47(15,16)63-53(40)41(57)36(3)4/h35-36,40-41,51,57H,17-34,48H2,1-16H3,(H,49,54)(H,50,55). The second kappa shape index (κ2) is 27.0. The lowest BCUT2D eigenvalue weighted by molar-refractivity contribution is -0.346. The van der Waals surface area contributed by atoms with Crippen molar-refractivity contribution >= 4 is 17.7 Å². The summed E-state index contributed by atoms with van der Waals surface area (Å²) in [5, 5.41) is 18.9. The van der Waals surface area contributed by atoms with E-state index in [0.29, 0.717) is 58.5 Å². The summed E-state index contributed by atoms with van der Waals surface area (Å²) >= 11 is 0. The van der Waals surface area contributed by atoms with E-state index in [4.69, 9.17) is 34.4 Å². The molecule has 16 nitrogen and oxygen atoms in total. The number of ether oxygens (including phenoxy) is 4. The second-order valence-electron chi connectivity index (χ2n) is 21.6. The Bertz CT molecular complexity index is 1340. The van der Waals surface area contributed by atoms with Gasteiger partial charge in [0.15, 0.2) is 0 Å². The summed E-state index contributed by atoms with van der Waals surface area (Å²) in [7, 11) is 0. The summed E-state index contributed by atoms with van der Waals surface area (Å²) in [6, 6.07) is 0. The molecule has 0 aromatic carbocycles. The summed E-state index contributed by atoms with van der Waals surface area (Å²) in [5.41, 5.74) is 5.55. The summed E-state index contributed by atoms with van der Waals surface area (Å²) in [6.07, 6.45) is 2.65. The SMILES string of the molecule is CC(C)C(O)N1OC(C)(C)CCOC(C)(C)CCC(=O)NCCN(C(=O)CCOC(C)(C)CCOC(C)(C)CCN)CCNC(=O)CCC(C)(C)OCCC(C)(C)ONC1C(C)C. The largest absolute Gasteiger partial charge is 0.376 e. The molecule has 0 radical (unpaired) electrons. The van der Waals surface area contributed by atoms with Crippen LogP contribution in [0.2, 0.25) is 0 Å². The van der Waals surface area contributed by atoms with Crippen LogP contribution >= 0.6 is 0 Å².